The number of fused-ring (bicyclic) bond motifs is 2. The molecule has 1 heterocycles. The predicted molar refractivity (Wildman–Crippen MR) is 102 cm³/mol. The molecule has 1 atom stereocenters. The molecule has 0 spiro atoms. The molecule has 4 heteroatoms. The summed E-state index contributed by atoms with van der Waals surface area (Å²) in [5, 5.41) is 21.1. The molecule has 1 aromatic heterocycles. The summed E-state index contributed by atoms with van der Waals surface area (Å²) < 4.78 is 0. The Balaban J connectivity index is 0.000000818. The number of aromatic amines is 1. The monoisotopic (exact) mass is 322 g/mol. The third kappa shape index (κ3) is 2.85. The lowest BCUT2D eigenvalue weighted by Crippen LogP contribution is -2.06. The van der Waals surface area contributed by atoms with Crippen molar-refractivity contribution in [2.24, 2.45) is 0 Å². The van der Waals surface area contributed by atoms with Gasteiger partial charge in [0.2, 0.25) is 0 Å². The van der Waals surface area contributed by atoms with Gasteiger partial charge < -0.3 is 5.32 Å². The van der Waals surface area contributed by atoms with Gasteiger partial charge in [-0.3, -0.25) is 5.10 Å². The molecular weight excluding hydrogens is 296 g/mol. The van der Waals surface area contributed by atoms with E-state index >= 15 is 0 Å². The number of aryl methyl sites for hydroxylation is 2. The molecule has 3 aromatic rings. The molecule has 0 aliphatic heterocycles. The van der Waals surface area contributed by atoms with Crippen LogP contribution < -0.4 is 5.32 Å². The average molecular weight is 322 g/mol. The Morgan fingerprint density at radius 2 is 2.08 bits per heavy atom. The molecule has 1 aliphatic carbocycles. The Morgan fingerprint density at radius 3 is 2.88 bits per heavy atom. The van der Waals surface area contributed by atoms with Crippen molar-refractivity contribution in [1.29, 1.82) is 5.26 Å². The maximum Gasteiger partial charge on any atom is 0.0991 e. The number of rotatable bonds is 2. The summed E-state index contributed by atoms with van der Waals surface area (Å²) >= 11 is 0. The highest BCUT2D eigenvalue weighted by molar-refractivity contribution is 5.84. The van der Waals surface area contributed by atoms with Crippen molar-refractivity contribution in [3.05, 3.63) is 58.8 Å². The Morgan fingerprint density at radius 1 is 1.25 bits per heavy atom. The highest BCUT2D eigenvalue weighted by Gasteiger charge is 2.22. The van der Waals surface area contributed by atoms with Crippen LogP contribution in [0.2, 0.25) is 0 Å². The Bertz CT molecular complexity index is 912. The second-order valence-electron chi connectivity index (χ2n) is 5.84. The number of benzene rings is 2. The molecule has 0 radical (unpaired) electrons. The Hall–Kier alpha value is -2.80. The molecule has 0 amide bonds. The minimum Gasteiger partial charge on any atom is -0.378 e. The fourth-order valence-electron chi connectivity index (χ4n) is 3.27. The fraction of sp³-hybridized carbons (Fsp3) is 0.300. The molecule has 1 aliphatic rings. The van der Waals surface area contributed by atoms with E-state index in [2.05, 4.69) is 39.8 Å². The Kier molecular flexibility index (Phi) is 4.52. The van der Waals surface area contributed by atoms with Crippen LogP contribution in [0.5, 0.6) is 0 Å². The van der Waals surface area contributed by atoms with E-state index in [4.69, 9.17) is 5.26 Å². The topological polar surface area (TPSA) is 64.5 Å². The molecule has 4 rings (SSSR count). The number of hydrogen-bond acceptors (Lipinski definition) is 3. The highest BCUT2D eigenvalue weighted by Crippen LogP contribution is 2.35. The van der Waals surface area contributed by atoms with Crippen LogP contribution in [-0.2, 0) is 6.42 Å². The van der Waals surface area contributed by atoms with E-state index in [0.29, 0.717) is 6.04 Å². The summed E-state index contributed by atoms with van der Waals surface area (Å²) in [5.41, 5.74) is 6.53. The van der Waals surface area contributed by atoms with Gasteiger partial charge >= 0.3 is 0 Å². The molecule has 0 saturated carbocycles. The number of hydrogen-bond donors (Lipinski definition) is 2. The quantitative estimate of drug-likeness (QED) is 0.667. The van der Waals surface area contributed by atoms with Crippen molar-refractivity contribution in [2.75, 3.05) is 5.32 Å². The molecule has 24 heavy (non-hydrogen) atoms. The van der Waals surface area contributed by atoms with E-state index in [1.54, 1.807) is 0 Å². The van der Waals surface area contributed by atoms with Crippen LogP contribution in [0.25, 0.3) is 10.9 Å². The average Bonchev–Trinajstić information content (AvgIpc) is 3.20. The number of anilines is 1. The third-order valence-corrected chi connectivity index (χ3v) is 4.44. The molecule has 4 nitrogen and oxygen atoms in total. The number of aromatic nitrogens is 2. The van der Waals surface area contributed by atoms with Gasteiger partial charge in [-0.05, 0) is 61.2 Å². The first kappa shape index (κ1) is 16.1. The highest BCUT2D eigenvalue weighted by atomic mass is 15.1. The van der Waals surface area contributed by atoms with Crippen molar-refractivity contribution in [2.45, 2.75) is 39.7 Å². The second kappa shape index (κ2) is 6.76. The Labute approximate surface area is 145 Å². The van der Waals surface area contributed by atoms with Crippen LogP contribution in [-0.4, -0.2) is 10.2 Å². The zero-order valence-electron chi connectivity index (χ0n) is 14.4. The van der Waals surface area contributed by atoms with Crippen LogP contribution in [0, 0.1) is 18.3 Å². The molecule has 2 aromatic carbocycles. The summed E-state index contributed by atoms with van der Waals surface area (Å²) in [4.78, 5) is 0. The minimum absolute atomic E-state index is 0. The normalized spacial score (nSPS) is 15.3. The van der Waals surface area contributed by atoms with Crippen LogP contribution in [0.3, 0.4) is 0 Å². The van der Waals surface area contributed by atoms with Gasteiger partial charge in [-0.15, -0.1) is 0 Å². The fourth-order valence-corrected chi connectivity index (χ4v) is 3.27. The van der Waals surface area contributed by atoms with E-state index < -0.39 is 0 Å². The zero-order valence-corrected chi connectivity index (χ0v) is 14.4. The molecular formula is C20H26N4. The summed E-state index contributed by atoms with van der Waals surface area (Å²) in [5.74, 6) is 0. The lowest BCUT2D eigenvalue weighted by atomic mass is 10.0. The van der Waals surface area contributed by atoms with Crippen LogP contribution in [0.1, 0.15) is 51.5 Å². The van der Waals surface area contributed by atoms with Gasteiger partial charge in [0, 0.05) is 19.6 Å². The van der Waals surface area contributed by atoms with E-state index in [0.717, 1.165) is 40.7 Å². The van der Waals surface area contributed by atoms with Crippen molar-refractivity contribution in [3.63, 3.8) is 0 Å². The first-order valence-corrected chi connectivity index (χ1v) is 8.49. The first-order chi connectivity index (χ1) is 11.7. The van der Waals surface area contributed by atoms with Crippen molar-refractivity contribution >= 4 is 16.6 Å². The number of H-pyrrole nitrogens is 1. The van der Waals surface area contributed by atoms with Crippen LogP contribution >= 0.6 is 0 Å². The summed E-state index contributed by atoms with van der Waals surface area (Å²) in [7, 11) is 0. The molecule has 0 bridgehead atoms. The van der Waals surface area contributed by atoms with Crippen molar-refractivity contribution in [3.8, 4) is 6.07 Å². The maximum atomic E-state index is 9.00. The molecule has 0 fully saturated rings. The van der Waals surface area contributed by atoms with E-state index in [-0.39, 0.29) is 2.85 Å². The smallest absolute Gasteiger partial charge is 0.0991 e. The van der Waals surface area contributed by atoms with Gasteiger partial charge in [0.1, 0.15) is 0 Å². The van der Waals surface area contributed by atoms with Gasteiger partial charge in [-0.2, -0.15) is 10.4 Å². The molecule has 2 N–H and O–H groups in total. The van der Waals surface area contributed by atoms with Crippen molar-refractivity contribution < 1.29 is 2.85 Å². The maximum absolute atomic E-state index is 9.00. The molecule has 0 unspecified atom stereocenters. The summed E-state index contributed by atoms with van der Waals surface area (Å²) in [6.45, 7) is 6.04. The number of nitrogens with zero attached hydrogens (tertiary/aromatic N) is 2. The number of nitrogens with one attached hydrogen (secondary N) is 2. The minimum atomic E-state index is 0. The summed E-state index contributed by atoms with van der Waals surface area (Å²) in [6.07, 6.45) is 2.09. The standard InChI is InChI=1S/C18H16N4.C2H6.2H2/c1-11-16-9-14(4-7-18(16)22-21-11)20-17-6-3-13-8-12(10-19)2-5-15(13)17;1-2;;/h2,4-5,7-9,17,20H,3,6H2,1H3,(H,21,22);1-2H3;2*1H/t17-;;;/m0.../s1. The van der Waals surface area contributed by atoms with E-state index in [1.165, 1.54) is 11.1 Å². The van der Waals surface area contributed by atoms with Gasteiger partial charge in [-0.25, -0.2) is 0 Å². The predicted octanol–water partition coefficient (Wildman–Crippen LogP) is 5.36. The molecule has 126 valence electrons. The lowest BCUT2D eigenvalue weighted by Gasteiger charge is -2.15. The largest absolute Gasteiger partial charge is 0.378 e. The second-order valence-corrected chi connectivity index (χ2v) is 5.84. The van der Waals surface area contributed by atoms with Gasteiger partial charge in [0.05, 0.1) is 23.2 Å². The van der Waals surface area contributed by atoms with Gasteiger partial charge in [-0.1, -0.05) is 19.9 Å². The van der Waals surface area contributed by atoms with Crippen molar-refractivity contribution in [1.82, 2.24) is 10.2 Å². The van der Waals surface area contributed by atoms with Gasteiger partial charge in [0.15, 0.2) is 0 Å². The van der Waals surface area contributed by atoms with E-state index in [1.807, 2.05) is 39.0 Å². The first-order valence-electron chi connectivity index (χ1n) is 8.49. The zero-order chi connectivity index (χ0) is 17.1. The van der Waals surface area contributed by atoms with Crippen LogP contribution in [0.4, 0.5) is 5.69 Å². The third-order valence-electron chi connectivity index (χ3n) is 4.44. The SMILES string of the molecule is CC.Cc1[nH]nc2ccc(N[C@H]3CCc4cc(C#N)ccc43)cc12.[HH].[HH]. The van der Waals surface area contributed by atoms with Crippen LogP contribution in [0.15, 0.2) is 36.4 Å². The summed E-state index contributed by atoms with van der Waals surface area (Å²) in [6, 6.07) is 14.8. The molecule has 0 saturated heterocycles. The van der Waals surface area contributed by atoms with E-state index in [9.17, 15) is 0 Å². The van der Waals surface area contributed by atoms with Gasteiger partial charge in [0.25, 0.3) is 0 Å². The number of nitriles is 1. The lowest BCUT2D eigenvalue weighted by molar-refractivity contribution is 0.762.